The monoisotopic (exact) mass is 398 g/mol. The number of aliphatic hydroxyl groups excluding tert-OH is 2. The summed E-state index contributed by atoms with van der Waals surface area (Å²) in [6.45, 7) is 0.279. The largest absolute Gasteiger partial charge is 0.478 e. The van der Waals surface area contributed by atoms with Crippen molar-refractivity contribution in [2.24, 2.45) is 0 Å². The molecule has 1 aromatic rings. The number of aromatic carboxylic acids is 2. The molecule has 8 nitrogen and oxygen atoms in total. The lowest BCUT2D eigenvalue weighted by Gasteiger charge is -2.15. The van der Waals surface area contributed by atoms with Crippen molar-refractivity contribution in [2.45, 2.75) is 51.4 Å². The standard InChI is InChI=1S/C20H30O8/c21-13-27-9-5-1-3-7-15-11-16(19(23)24)12-18(20(25)26)17(15)8-4-2-6-10-28-14-22/h11-12,21-22H,1-10,13-14H2,(H,23,24)(H,25,26). The number of carboxylic acid groups (broad SMARTS) is 2. The first-order valence-electron chi connectivity index (χ1n) is 9.50. The van der Waals surface area contributed by atoms with Gasteiger partial charge in [0.2, 0.25) is 0 Å². The molecule has 0 aliphatic carbocycles. The molecule has 0 aliphatic rings. The van der Waals surface area contributed by atoms with Gasteiger partial charge in [-0.1, -0.05) is 12.8 Å². The zero-order chi connectivity index (χ0) is 20.8. The van der Waals surface area contributed by atoms with E-state index in [1.807, 2.05) is 0 Å². The maximum atomic E-state index is 11.7. The van der Waals surface area contributed by atoms with E-state index in [0.717, 1.165) is 44.1 Å². The van der Waals surface area contributed by atoms with Crippen LogP contribution in [0.25, 0.3) is 0 Å². The third kappa shape index (κ3) is 8.79. The van der Waals surface area contributed by atoms with Crippen molar-refractivity contribution >= 4 is 11.9 Å². The Morgan fingerprint density at radius 1 is 0.750 bits per heavy atom. The van der Waals surface area contributed by atoms with Gasteiger partial charge in [0, 0.05) is 13.2 Å². The zero-order valence-electron chi connectivity index (χ0n) is 16.1. The lowest BCUT2D eigenvalue weighted by molar-refractivity contribution is -0.00312. The first kappa shape index (κ1) is 24.0. The minimum atomic E-state index is -1.15. The molecule has 0 radical (unpaired) electrons. The number of benzene rings is 1. The molecule has 0 saturated carbocycles. The van der Waals surface area contributed by atoms with Gasteiger partial charge in [-0.25, -0.2) is 9.59 Å². The van der Waals surface area contributed by atoms with Crippen molar-refractivity contribution in [2.75, 3.05) is 26.8 Å². The summed E-state index contributed by atoms with van der Waals surface area (Å²) in [6.07, 6.45) is 5.83. The van der Waals surface area contributed by atoms with Crippen LogP contribution in [0.5, 0.6) is 0 Å². The van der Waals surface area contributed by atoms with E-state index >= 15 is 0 Å². The molecule has 4 N–H and O–H groups in total. The summed E-state index contributed by atoms with van der Waals surface area (Å²) in [7, 11) is 0. The summed E-state index contributed by atoms with van der Waals surface area (Å²) in [5.41, 5.74) is 1.47. The van der Waals surface area contributed by atoms with Crippen LogP contribution < -0.4 is 0 Å². The van der Waals surface area contributed by atoms with Crippen LogP contribution in [0, 0.1) is 0 Å². The summed E-state index contributed by atoms with van der Waals surface area (Å²) >= 11 is 0. The average Bonchev–Trinajstić information content (AvgIpc) is 2.67. The average molecular weight is 398 g/mol. The lowest BCUT2D eigenvalue weighted by Crippen LogP contribution is -2.11. The molecular formula is C20H30O8. The second-order valence-electron chi connectivity index (χ2n) is 6.47. The lowest BCUT2D eigenvalue weighted by atomic mass is 9.90. The second kappa shape index (κ2) is 14.1. The molecule has 0 amide bonds. The van der Waals surface area contributed by atoms with E-state index in [9.17, 15) is 19.8 Å². The van der Waals surface area contributed by atoms with Gasteiger partial charge in [-0.2, -0.15) is 0 Å². The normalized spacial score (nSPS) is 10.9. The Labute approximate surface area is 164 Å². The molecule has 0 spiro atoms. The Hall–Kier alpha value is -2.00. The number of aliphatic hydroxyl groups is 2. The predicted molar refractivity (Wildman–Crippen MR) is 102 cm³/mol. The van der Waals surface area contributed by atoms with Crippen molar-refractivity contribution in [3.63, 3.8) is 0 Å². The molecule has 1 rings (SSSR count). The number of hydrogen-bond donors (Lipinski definition) is 4. The fourth-order valence-corrected chi connectivity index (χ4v) is 3.07. The van der Waals surface area contributed by atoms with Gasteiger partial charge in [0.15, 0.2) is 0 Å². The molecule has 0 heterocycles. The summed E-state index contributed by atoms with van der Waals surface area (Å²) < 4.78 is 9.76. The summed E-state index contributed by atoms with van der Waals surface area (Å²) in [5.74, 6) is -2.27. The Balaban J connectivity index is 2.84. The van der Waals surface area contributed by atoms with Crippen molar-refractivity contribution in [1.29, 1.82) is 0 Å². The fourth-order valence-electron chi connectivity index (χ4n) is 3.07. The molecule has 158 valence electrons. The molecule has 0 unspecified atom stereocenters. The number of hydrogen-bond acceptors (Lipinski definition) is 6. The van der Waals surface area contributed by atoms with Gasteiger partial charge in [-0.05, 0) is 61.8 Å². The van der Waals surface area contributed by atoms with Crippen molar-refractivity contribution < 1.29 is 39.5 Å². The molecule has 0 aliphatic heterocycles. The van der Waals surface area contributed by atoms with Crippen LogP contribution in [-0.4, -0.2) is 59.2 Å². The van der Waals surface area contributed by atoms with Gasteiger partial charge < -0.3 is 29.9 Å². The number of ether oxygens (including phenoxy) is 2. The van der Waals surface area contributed by atoms with Gasteiger partial charge in [-0.3, -0.25) is 0 Å². The minimum absolute atomic E-state index is 0.0175. The molecule has 0 aromatic heterocycles. The summed E-state index contributed by atoms with van der Waals surface area (Å²) in [6, 6.07) is 2.80. The number of unbranched alkanes of at least 4 members (excludes halogenated alkanes) is 4. The van der Waals surface area contributed by atoms with Crippen molar-refractivity contribution in [3.8, 4) is 0 Å². The first-order chi connectivity index (χ1) is 13.5. The smallest absolute Gasteiger partial charge is 0.335 e. The predicted octanol–water partition coefficient (Wildman–Crippen LogP) is 2.44. The summed E-state index contributed by atoms with van der Waals surface area (Å²) in [4.78, 5) is 23.1. The Morgan fingerprint density at radius 3 is 1.82 bits per heavy atom. The van der Waals surface area contributed by atoms with Crippen LogP contribution in [0.3, 0.4) is 0 Å². The van der Waals surface area contributed by atoms with Crippen LogP contribution in [0.1, 0.15) is 70.4 Å². The van der Waals surface area contributed by atoms with Crippen molar-refractivity contribution in [1.82, 2.24) is 0 Å². The zero-order valence-corrected chi connectivity index (χ0v) is 16.1. The maximum absolute atomic E-state index is 11.7. The van der Waals surface area contributed by atoms with Gasteiger partial charge >= 0.3 is 11.9 Å². The van der Waals surface area contributed by atoms with Crippen LogP contribution in [0.2, 0.25) is 0 Å². The van der Waals surface area contributed by atoms with Crippen molar-refractivity contribution in [3.05, 3.63) is 34.4 Å². The topological polar surface area (TPSA) is 134 Å². The van der Waals surface area contributed by atoms with Gasteiger partial charge in [0.25, 0.3) is 0 Å². The van der Waals surface area contributed by atoms with Crippen LogP contribution in [-0.2, 0) is 22.3 Å². The third-order valence-electron chi connectivity index (χ3n) is 4.45. The third-order valence-corrected chi connectivity index (χ3v) is 4.45. The van der Waals surface area contributed by atoms with E-state index in [0.29, 0.717) is 31.6 Å². The van der Waals surface area contributed by atoms with E-state index in [4.69, 9.17) is 19.7 Å². The summed E-state index contributed by atoms with van der Waals surface area (Å²) in [5, 5.41) is 36.1. The van der Waals surface area contributed by atoms with Gasteiger partial charge in [0.05, 0.1) is 11.1 Å². The van der Waals surface area contributed by atoms with E-state index in [1.165, 1.54) is 6.07 Å². The van der Waals surface area contributed by atoms with Crippen LogP contribution >= 0.6 is 0 Å². The van der Waals surface area contributed by atoms with Crippen LogP contribution in [0.15, 0.2) is 12.1 Å². The molecule has 0 atom stereocenters. The van der Waals surface area contributed by atoms with E-state index in [-0.39, 0.29) is 24.7 Å². The molecule has 0 saturated heterocycles. The fraction of sp³-hybridized carbons (Fsp3) is 0.600. The van der Waals surface area contributed by atoms with Gasteiger partial charge in [-0.15, -0.1) is 0 Å². The van der Waals surface area contributed by atoms with E-state index in [1.54, 1.807) is 6.07 Å². The Kier molecular flexibility index (Phi) is 12.1. The highest BCUT2D eigenvalue weighted by atomic mass is 16.6. The SMILES string of the molecule is O=C(O)c1cc(CCCCCOCO)c(CCCCCOCO)c(C(=O)O)c1. The Morgan fingerprint density at radius 2 is 1.32 bits per heavy atom. The van der Waals surface area contributed by atoms with Crippen LogP contribution in [0.4, 0.5) is 0 Å². The quantitative estimate of drug-likeness (QED) is 0.246. The highest BCUT2D eigenvalue weighted by Crippen LogP contribution is 2.23. The van der Waals surface area contributed by atoms with E-state index in [2.05, 4.69) is 0 Å². The van der Waals surface area contributed by atoms with Gasteiger partial charge in [0.1, 0.15) is 13.6 Å². The molecule has 1 aromatic carbocycles. The molecule has 0 fully saturated rings. The van der Waals surface area contributed by atoms with E-state index < -0.39 is 11.9 Å². The number of carboxylic acids is 2. The maximum Gasteiger partial charge on any atom is 0.335 e. The first-order valence-corrected chi connectivity index (χ1v) is 9.50. The number of rotatable bonds is 16. The molecule has 8 heteroatoms. The highest BCUT2D eigenvalue weighted by molar-refractivity contribution is 5.95. The minimum Gasteiger partial charge on any atom is -0.478 e. The molecule has 28 heavy (non-hydrogen) atoms. The molecular weight excluding hydrogens is 368 g/mol. The Bertz CT molecular complexity index is 614. The number of aryl methyl sites for hydroxylation is 1. The second-order valence-corrected chi connectivity index (χ2v) is 6.47. The number of carbonyl (C=O) groups is 2. The highest BCUT2D eigenvalue weighted by Gasteiger charge is 2.18. The molecule has 0 bridgehead atoms.